The number of aromatic amines is 1. The van der Waals surface area contributed by atoms with Crippen LogP contribution in [0, 0.1) is 11.3 Å². The second-order valence-corrected chi connectivity index (χ2v) is 7.59. The first kappa shape index (κ1) is 19.5. The number of pyridine rings is 2. The van der Waals surface area contributed by atoms with Crippen molar-refractivity contribution in [3.63, 3.8) is 0 Å². The Hall–Kier alpha value is -4.45. The number of carbonyl (C=O) groups excluding carboxylic acids is 1. The number of benzene rings is 1. The fraction of sp³-hybridized carbons (Fsp3) is 0.174. The smallest absolute Gasteiger partial charge is 0.333 e. The van der Waals surface area contributed by atoms with E-state index < -0.39 is 0 Å². The quantitative estimate of drug-likeness (QED) is 0.538. The highest BCUT2D eigenvalue weighted by atomic mass is 16.2. The Kier molecular flexibility index (Phi) is 4.67. The normalized spacial score (nSPS) is 13.7. The molecule has 158 valence electrons. The Balaban J connectivity index is 1.66. The van der Waals surface area contributed by atoms with Gasteiger partial charge in [0.1, 0.15) is 11.6 Å². The Labute approximate surface area is 183 Å². The van der Waals surface area contributed by atoms with Crippen LogP contribution in [0.3, 0.4) is 0 Å². The number of nitriles is 1. The van der Waals surface area contributed by atoms with Crippen molar-refractivity contribution in [2.45, 2.75) is 6.54 Å². The van der Waals surface area contributed by atoms with E-state index in [4.69, 9.17) is 4.98 Å². The molecule has 3 aromatic heterocycles. The number of aromatic nitrogens is 4. The molecule has 0 spiro atoms. The minimum absolute atomic E-state index is 0.136. The van der Waals surface area contributed by atoms with E-state index in [1.807, 2.05) is 23.1 Å². The van der Waals surface area contributed by atoms with Crippen LogP contribution in [0.2, 0.25) is 0 Å². The number of likely N-dealkylation sites (N-methyl/N-ethyl adjacent to an activating group) is 1. The number of carbonyl (C=O) groups is 1. The number of nitrogens with one attached hydrogen (secondary N) is 1. The van der Waals surface area contributed by atoms with Crippen LogP contribution < -0.4 is 10.6 Å². The first-order valence-corrected chi connectivity index (χ1v) is 10.1. The van der Waals surface area contributed by atoms with Crippen molar-refractivity contribution in [3.8, 4) is 11.9 Å². The Morgan fingerprint density at radius 3 is 2.78 bits per heavy atom. The van der Waals surface area contributed by atoms with Gasteiger partial charge in [-0.2, -0.15) is 5.26 Å². The third kappa shape index (κ3) is 3.18. The molecule has 0 atom stereocenters. The average molecular weight is 425 g/mol. The topological polar surface area (TPSA) is 111 Å². The maximum atomic E-state index is 13.0. The molecule has 4 heterocycles. The highest BCUT2D eigenvalue weighted by molar-refractivity contribution is 5.99. The molecule has 0 aliphatic carbocycles. The molecule has 0 saturated heterocycles. The first-order chi connectivity index (χ1) is 15.6. The molecule has 4 aromatic rings. The summed E-state index contributed by atoms with van der Waals surface area (Å²) >= 11 is 0. The van der Waals surface area contributed by atoms with Crippen molar-refractivity contribution in [2.75, 3.05) is 25.0 Å². The summed E-state index contributed by atoms with van der Waals surface area (Å²) in [5, 5.41) is 9.49. The third-order valence-electron chi connectivity index (χ3n) is 5.63. The van der Waals surface area contributed by atoms with Gasteiger partial charge in [0.05, 0.1) is 22.7 Å². The van der Waals surface area contributed by atoms with E-state index >= 15 is 0 Å². The SMILES string of the molecule is CN1CCN(Cc2ccccc2C#N)c2nc(-n3c(=O)[nH]c4ncccc43)ccc2C1=O. The Bertz CT molecular complexity index is 1450. The maximum absolute atomic E-state index is 13.0. The molecule has 0 unspecified atom stereocenters. The molecule has 1 aliphatic heterocycles. The van der Waals surface area contributed by atoms with Crippen molar-refractivity contribution in [3.05, 3.63) is 81.9 Å². The lowest BCUT2D eigenvalue weighted by molar-refractivity contribution is 0.0804. The Morgan fingerprint density at radius 1 is 1.09 bits per heavy atom. The minimum atomic E-state index is -0.357. The van der Waals surface area contributed by atoms with E-state index in [9.17, 15) is 14.9 Å². The van der Waals surface area contributed by atoms with Crippen molar-refractivity contribution in [2.24, 2.45) is 0 Å². The van der Waals surface area contributed by atoms with Crippen molar-refractivity contribution < 1.29 is 4.79 Å². The summed E-state index contributed by atoms with van der Waals surface area (Å²) in [5.41, 5.74) is 2.58. The van der Waals surface area contributed by atoms with Crippen LogP contribution in [0.5, 0.6) is 0 Å². The van der Waals surface area contributed by atoms with Crippen LogP contribution in [-0.2, 0) is 6.54 Å². The monoisotopic (exact) mass is 425 g/mol. The molecule has 9 nitrogen and oxygen atoms in total. The molecule has 32 heavy (non-hydrogen) atoms. The van der Waals surface area contributed by atoms with E-state index in [1.54, 1.807) is 48.5 Å². The van der Waals surface area contributed by atoms with Gasteiger partial charge >= 0.3 is 5.69 Å². The standard InChI is InChI=1S/C23H19N7O2/c1-28-11-12-29(14-16-6-3-2-5-15(16)13-24)21-17(22(28)31)8-9-19(26-21)30-18-7-4-10-25-20(18)27-23(30)32/h2-10H,11-12,14H2,1H3,(H,25,27,32). The van der Waals surface area contributed by atoms with E-state index in [-0.39, 0.29) is 11.6 Å². The van der Waals surface area contributed by atoms with Gasteiger partial charge in [-0.05, 0) is 35.9 Å². The summed E-state index contributed by atoms with van der Waals surface area (Å²) in [6.45, 7) is 1.46. The molecule has 1 amide bonds. The van der Waals surface area contributed by atoms with Crippen molar-refractivity contribution in [1.82, 2.24) is 24.4 Å². The van der Waals surface area contributed by atoms with Crippen molar-refractivity contribution >= 4 is 22.9 Å². The lowest BCUT2D eigenvalue weighted by Gasteiger charge is -2.24. The number of nitrogens with zero attached hydrogens (tertiary/aromatic N) is 6. The highest BCUT2D eigenvalue weighted by Gasteiger charge is 2.27. The summed E-state index contributed by atoms with van der Waals surface area (Å²) in [4.78, 5) is 40.9. The Morgan fingerprint density at radius 2 is 1.94 bits per heavy atom. The van der Waals surface area contributed by atoms with Gasteiger partial charge in [-0.1, -0.05) is 18.2 Å². The summed E-state index contributed by atoms with van der Waals surface area (Å²) in [7, 11) is 1.75. The second kappa shape index (κ2) is 7.67. The molecule has 0 bridgehead atoms. The van der Waals surface area contributed by atoms with Crippen LogP contribution >= 0.6 is 0 Å². The summed E-state index contributed by atoms with van der Waals surface area (Å²) < 4.78 is 1.45. The van der Waals surface area contributed by atoms with Gasteiger partial charge in [0.2, 0.25) is 0 Å². The number of fused-ring (bicyclic) bond motifs is 2. The van der Waals surface area contributed by atoms with Crippen molar-refractivity contribution in [1.29, 1.82) is 5.26 Å². The number of amides is 1. The summed E-state index contributed by atoms with van der Waals surface area (Å²) in [6.07, 6.45) is 1.61. The molecule has 0 radical (unpaired) electrons. The zero-order valence-electron chi connectivity index (χ0n) is 17.3. The molecule has 0 fully saturated rings. The number of H-pyrrole nitrogens is 1. The summed E-state index contributed by atoms with van der Waals surface area (Å²) in [6, 6.07) is 16.5. The lowest BCUT2D eigenvalue weighted by Crippen LogP contribution is -2.31. The van der Waals surface area contributed by atoms with Gasteiger partial charge in [0, 0.05) is 32.9 Å². The zero-order chi connectivity index (χ0) is 22.2. The molecule has 5 rings (SSSR count). The van der Waals surface area contributed by atoms with Crippen LogP contribution in [-0.4, -0.2) is 50.5 Å². The van der Waals surface area contributed by atoms with E-state index in [2.05, 4.69) is 16.0 Å². The van der Waals surface area contributed by atoms with Crippen LogP contribution in [0.4, 0.5) is 5.82 Å². The fourth-order valence-corrected chi connectivity index (χ4v) is 3.95. The highest BCUT2D eigenvalue weighted by Crippen LogP contribution is 2.27. The maximum Gasteiger partial charge on any atom is 0.333 e. The number of anilines is 1. The van der Waals surface area contributed by atoms with Gasteiger partial charge < -0.3 is 9.80 Å². The molecule has 1 aliphatic rings. The van der Waals surface area contributed by atoms with Gasteiger partial charge in [0.15, 0.2) is 5.65 Å². The fourth-order valence-electron chi connectivity index (χ4n) is 3.95. The number of imidazole rings is 1. The average Bonchev–Trinajstić information content (AvgIpc) is 3.11. The molecule has 1 N–H and O–H groups in total. The van der Waals surface area contributed by atoms with Gasteiger partial charge in [-0.25, -0.2) is 19.3 Å². The van der Waals surface area contributed by atoms with Crippen LogP contribution in [0.25, 0.3) is 17.0 Å². The van der Waals surface area contributed by atoms with Gasteiger partial charge in [-0.15, -0.1) is 0 Å². The van der Waals surface area contributed by atoms with Crippen LogP contribution in [0.1, 0.15) is 21.5 Å². The number of hydrogen-bond donors (Lipinski definition) is 1. The van der Waals surface area contributed by atoms with E-state index in [0.717, 1.165) is 5.56 Å². The number of rotatable bonds is 3. The molecule has 9 heteroatoms. The third-order valence-corrected chi connectivity index (χ3v) is 5.63. The van der Waals surface area contributed by atoms with E-state index in [0.29, 0.717) is 53.6 Å². The number of hydrogen-bond acceptors (Lipinski definition) is 6. The van der Waals surface area contributed by atoms with E-state index in [1.165, 1.54) is 4.57 Å². The predicted octanol–water partition coefficient (Wildman–Crippen LogP) is 2.07. The summed E-state index contributed by atoms with van der Waals surface area (Å²) in [5.74, 6) is 0.738. The van der Waals surface area contributed by atoms with Gasteiger partial charge in [-0.3, -0.25) is 9.78 Å². The van der Waals surface area contributed by atoms with Crippen LogP contribution in [0.15, 0.2) is 59.5 Å². The minimum Gasteiger partial charge on any atom is -0.350 e. The largest absolute Gasteiger partial charge is 0.350 e. The first-order valence-electron chi connectivity index (χ1n) is 10.1. The van der Waals surface area contributed by atoms with Gasteiger partial charge in [0.25, 0.3) is 5.91 Å². The molecular formula is C23H19N7O2. The zero-order valence-corrected chi connectivity index (χ0v) is 17.3. The lowest BCUT2D eigenvalue weighted by atomic mass is 10.1. The predicted molar refractivity (Wildman–Crippen MR) is 119 cm³/mol. The molecule has 1 aromatic carbocycles. The molecule has 0 saturated carbocycles. The molecular weight excluding hydrogens is 406 g/mol. The second-order valence-electron chi connectivity index (χ2n) is 7.59.